The van der Waals surface area contributed by atoms with Crippen LogP contribution in [0.1, 0.15) is 0 Å². The second-order valence-corrected chi connectivity index (χ2v) is 3.98. The molecule has 2 rings (SSSR count). The maximum atomic E-state index is 11.9. The Kier molecular flexibility index (Phi) is 2.03. The van der Waals surface area contributed by atoms with Crippen molar-refractivity contribution in [1.29, 1.82) is 0 Å². The molecule has 1 heterocycles. The average molecular weight is 195 g/mol. The van der Waals surface area contributed by atoms with E-state index >= 15 is 0 Å². The maximum absolute atomic E-state index is 11.9. The van der Waals surface area contributed by atoms with Gasteiger partial charge in [-0.15, -0.1) is 0 Å². The van der Waals surface area contributed by atoms with Crippen LogP contribution in [0.2, 0.25) is 0 Å². The molecule has 1 saturated heterocycles. The van der Waals surface area contributed by atoms with E-state index in [9.17, 15) is 13.2 Å². The van der Waals surface area contributed by atoms with Crippen molar-refractivity contribution < 1.29 is 18.3 Å². The largest absolute Gasteiger partial charge is 0.401 e. The molecule has 1 N–H and O–H groups in total. The molecule has 3 atom stereocenters. The number of piperidine rings is 1. The highest BCUT2D eigenvalue weighted by molar-refractivity contribution is 5.04. The average Bonchev–Trinajstić information content (AvgIpc) is 2.44. The van der Waals surface area contributed by atoms with Gasteiger partial charge in [0.15, 0.2) is 0 Å². The number of hydrogen-bond donors (Lipinski definition) is 1. The minimum absolute atomic E-state index is 0.134. The van der Waals surface area contributed by atoms with E-state index in [1.165, 1.54) is 4.90 Å². The molecular weight excluding hydrogens is 183 g/mol. The normalized spacial score (nSPS) is 39.2. The van der Waals surface area contributed by atoms with E-state index in [1.54, 1.807) is 0 Å². The number of aliphatic hydroxyl groups is 1. The van der Waals surface area contributed by atoms with Crippen molar-refractivity contribution in [2.75, 3.05) is 26.2 Å². The molecule has 13 heavy (non-hydrogen) atoms. The fraction of sp³-hybridized carbons (Fsp3) is 1.00. The molecule has 2 aliphatic rings. The molecule has 0 radical (unpaired) electrons. The van der Waals surface area contributed by atoms with E-state index in [1.807, 2.05) is 0 Å². The molecule has 2 fully saturated rings. The number of fused-ring (bicyclic) bond motifs is 1. The Morgan fingerprint density at radius 2 is 1.77 bits per heavy atom. The SMILES string of the molecule is OC[C@@H]1[C@H]2CN(CC(F)(F)F)C[C@@H]12. The summed E-state index contributed by atoms with van der Waals surface area (Å²) >= 11 is 0. The van der Waals surface area contributed by atoms with Gasteiger partial charge in [-0.1, -0.05) is 0 Å². The van der Waals surface area contributed by atoms with Crippen molar-refractivity contribution in [2.24, 2.45) is 17.8 Å². The maximum Gasteiger partial charge on any atom is 0.401 e. The van der Waals surface area contributed by atoms with Crippen LogP contribution < -0.4 is 0 Å². The fourth-order valence-electron chi connectivity index (χ4n) is 2.39. The van der Waals surface area contributed by atoms with E-state index in [4.69, 9.17) is 5.11 Å². The zero-order valence-corrected chi connectivity index (χ0v) is 7.09. The summed E-state index contributed by atoms with van der Waals surface area (Å²) in [4.78, 5) is 1.43. The summed E-state index contributed by atoms with van der Waals surface area (Å²) < 4.78 is 35.8. The van der Waals surface area contributed by atoms with Crippen molar-refractivity contribution >= 4 is 0 Å². The number of likely N-dealkylation sites (tertiary alicyclic amines) is 1. The van der Waals surface area contributed by atoms with Crippen molar-refractivity contribution in [3.05, 3.63) is 0 Å². The van der Waals surface area contributed by atoms with E-state index in [0.717, 1.165) is 0 Å². The zero-order valence-electron chi connectivity index (χ0n) is 7.09. The molecular formula is C8H12F3NO. The predicted molar refractivity (Wildman–Crippen MR) is 40.1 cm³/mol. The second-order valence-electron chi connectivity index (χ2n) is 3.98. The number of aliphatic hydroxyl groups excluding tert-OH is 1. The fourth-order valence-corrected chi connectivity index (χ4v) is 2.39. The third-order valence-electron chi connectivity index (χ3n) is 3.06. The van der Waals surface area contributed by atoms with E-state index in [0.29, 0.717) is 24.9 Å². The first-order valence-electron chi connectivity index (χ1n) is 4.41. The summed E-state index contributed by atoms with van der Waals surface area (Å²) in [5.41, 5.74) is 0. The molecule has 0 aromatic carbocycles. The number of nitrogens with zero attached hydrogens (tertiary/aromatic N) is 1. The molecule has 0 bridgehead atoms. The molecule has 1 aliphatic heterocycles. The lowest BCUT2D eigenvalue weighted by Crippen LogP contribution is -2.34. The van der Waals surface area contributed by atoms with Gasteiger partial charge in [0.2, 0.25) is 0 Å². The summed E-state index contributed by atoms with van der Waals surface area (Å²) in [5.74, 6) is 0.934. The Morgan fingerprint density at radius 1 is 1.23 bits per heavy atom. The lowest BCUT2D eigenvalue weighted by molar-refractivity contribution is -0.145. The van der Waals surface area contributed by atoms with Crippen LogP contribution in [-0.4, -0.2) is 42.4 Å². The van der Waals surface area contributed by atoms with Crippen LogP contribution in [-0.2, 0) is 0 Å². The van der Waals surface area contributed by atoms with Gasteiger partial charge in [-0.05, 0) is 17.8 Å². The smallest absolute Gasteiger partial charge is 0.396 e. The zero-order chi connectivity index (χ0) is 9.64. The molecule has 1 aliphatic carbocycles. The first kappa shape index (κ1) is 9.27. The van der Waals surface area contributed by atoms with Gasteiger partial charge in [0.1, 0.15) is 0 Å². The first-order valence-corrected chi connectivity index (χ1v) is 4.41. The molecule has 0 spiro atoms. The van der Waals surface area contributed by atoms with Gasteiger partial charge in [0.25, 0.3) is 0 Å². The lowest BCUT2D eigenvalue weighted by atomic mass is 10.3. The standard InChI is InChI=1S/C8H12F3NO/c9-8(10,11)4-12-1-5-6(2-12)7(5)3-13/h5-7,13H,1-4H2/t5-,6+,7+. The summed E-state index contributed by atoms with van der Waals surface area (Å²) in [6.45, 7) is 0.359. The van der Waals surface area contributed by atoms with E-state index in [2.05, 4.69) is 0 Å². The van der Waals surface area contributed by atoms with Gasteiger partial charge in [-0.3, -0.25) is 4.90 Å². The Labute approximate surface area is 74.3 Å². The number of alkyl halides is 3. The minimum Gasteiger partial charge on any atom is -0.396 e. The van der Waals surface area contributed by atoms with Gasteiger partial charge < -0.3 is 5.11 Å². The molecule has 76 valence electrons. The summed E-state index contributed by atoms with van der Waals surface area (Å²) in [6.07, 6.45) is -4.08. The van der Waals surface area contributed by atoms with Crippen LogP contribution in [0.4, 0.5) is 13.2 Å². The molecule has 5 heteroatoms. The number of rotatable bonds is 2. The molecule has 0 aromatic rings. The minimum atomic E-state index is -4.08. The Bertz CT molecular complexity index is 194. The molecule has 0 aromatic heterocycles. The Hall–Kier alpha value is -0.290. The topological polar surface area (TPSA) is 23.5 Å². The molecule has 1 saturated carbocycles. The van der Waals surface area contributed by atoms with Crippen molar-refractivity contribution in [1.82, 2.24) is 4.90 Å². The lowest BCUT2D eigenvalue weighted by Gasteiger charge is -2.20. The second kappa shape index (κ2) is 2.85. The van der Waals surface area contributed by atoms with Gasteiger partial charge in [-0.25, -0.2) is 0 Å². The van der Waals surface area contributed by atoms with E-state index in [-0.39, 0.29) is 12.5 Å². The third-order valence-corrected chi connectivity index (χ3v) is 3.06. The van der Waals surface area contributed by atoms with Gasteiger partial charge in [-0.2, -0.15) is 13.2 Å². The van der Waals surface area contributed by atoms with Gasteiger partial charge in [0, 0.05) is 19.7 Å². The van der Waals surface area contributed by atoms with Gasteiger partial charge in [0.05, 0.1) is 6.54 Å². The van der Waals surface area contributed by atoms with Crippen molar-refractivity contribution in [3.8, 4) is 0 Å². The Morgan fingerprint density at radius 3 is 2.15 bits per heavy atom. The molecule has 0 unspecified atom stereocenters. The summed E-state index contributed by atoms with van der Waals surface area (Å²) in [6, 6.07) is 0. The monoisotopic (exact) mass is 195 g/mol. The van der Waals surface area contributed by atoms with Crippen molar-refractivity contribution in [2.45, 2.75) is 6.18 Å². The van der Waals surface area contributed by atoms with Crippen LogP contribution in [0, 0.1) is 17.8 Å². The van der Waals surface area contributed by atoms with Gasteiger partial charge >= 0.3 is 6.18 Å². The highest BCUT2D eigenvalue weighted by Gasteiger charge is 2.56. The Balaban J connectivity index is 1.78. The first-order chi connectivity index (χ1) is 6.01. The van der Waals surface area contributed by atoms with Crippen LogP contribution in [0.25, 0.3) is 0 Å². The van der Waals surface area contributed by atoms with Crippen LogP contribution in [0.3, 0.4) is 0 Å². The molecule has 2 nitrogen and oxygen atoms in total. The quantitative estimate of drug-likeness (QED) is 0.701. The predicted octanol–water partition coefficient (Wildman–Crippen LogP) is 0.719. The van der Waals surface area contributed by atoms with Crippen LogP contribution in [0.15, 0.2) is 0 Å². The van der Waals surface area contributed by atoms with Crippen LogP contribution >= 0.6 is 0 Å². The number of hydrogen-bond acceptors (Lipinski definition) is 2. The highest BCUT2D eigenvalue weighted by Crippen LogP contribution is 2.51. The summed E-state index contributed by atoms with van der Waals surface area (Å²) in [7, 11) is 0. The molecule has 0 amide bonds. The van der Waals surface area contributed by atoms with Crippen LogP contribution in [0.5, 0.6) is 0 Å². The highest BCUT2D eigenvalue weighted by atomic mass is 19.4. The summed E-state index contributed by atoms with van der Waals surface area (Å²) in [5, 5.41) is 8.79. The van der Waals surface area contributed by atoms with Crippen molar-refractivity contribution in [3.63, 3.8) is 0 Å². The van der Waals surface area contributed by atoms with E-state index < -0.39 is 12.7 Å². The number of halogens is 3. The third kappa shape index (κ3) is 1.81.